The summed E-state index contributed by atoms with van der Waals surface area (Å²) in [7, 11) is 0. The van der Waals surface area contributed by atoms with Crippen LogP contribution in [0.4, 0.5) is 0 Å². The molecule has 2 amide bonds. The van der Waals surface area contributed by atoms with Crippen LogP contribution in [0.3, 0.4) is 0 Å². The minimum Gasteiger partial charge on any atom is -0.341 e. The molecule has 2 saturated heterocycles. The van der Waals surface area contributed by atoms with Crippen molar-refractivity contribution in [3.8, 4) is 0 Å². The zero-order valence-corrected chi connectivity index (χ0v) is 18.8. The van der Waals surface area contributed by atoms with Crippen molar-refractivity contribution in [3.63, 3.8) is 0 Å². The van der Waals surface area contributed by atoms with Crippen molar-refractivity contribution in [3.05, 3.63) is 0 Å². The molecule has 0 bridgehead atoms. The Labute approximate surface area is 176 Å². The molecular formula is C23H42N4O2. The lowest BCUT2D eigenvalue weighted by Crippen LogP contribution is -2.62. The fraction of sp³-hybridized carbons (Fsp3) is 0.913. The number of nitrogens with zero attached hydrogens (tertiary/aromatic N) is 2. The summed E-state index contributed by atoms with van der Waals surface area (Å²) in [5.74, 6) is 1.59. The molecule has 1 saturated carbocycles. The van der Waals surface area contributed by atoms with E-state index in [-0.39, 0.29) is 29.3 Å². The molecule has 6 nitrogen and oxygen atoms in total. The number of nitrogens with one attached hydrogen (secondary N) is 1. The number of piperazine rings is 1. The molecular weight excluding hydrogens is 364 g/mol. The summed E-state index contributed by atoms with van der Waals surface area (Å²) >= 11 is 0. The Morgan fingerprint density at radius 3 is 2.38 bits per heavy atom. The Bertz CT molecular complexity index is 562. The SMILES string of the molecule is CC(C)(C)CC[C@@H]1NCCN([C@@H](CC2CC2)C(=O)N2CCC(CCN)CC2)C1=O. The molecule has 6 heteroatoms. The second-order valence-corrected chi connectivity index (χ2v) is 10.7. The number of amides is 2. The van der Waals surface area contributed by atoms with Crippen LogP contribution < -0.4 is 11.1 Å². The van der Waals surface area contributed by atoms with Crippen LogP contribution in [0.1, 0.15) is 72.1 Å². The summed E-state index contributed by atoms with van der Waals surface area (Å²) in [6.07, 6.45) is 8.24. The van der Waals surface area contributed by atoms with Gasteiger partial charge in [-0.15, -0.1) is 0 Å². The lowest BCUT2D eigenvalue weighted by atomic mass is 9.88. The average Bonchev–Trinajstić information content (AvgIpc) is 3.49. The first-order valence-corrected chi connectivity index (χ1v) is 11.8. The van der Waals surface area contributed by atoms with Crippen molar-refractivity contribution in [2.45, 2.75) is 84.2 Å². The van der Waals surface area contributed by atoms with Crippen LogP contribution in [-0.2, 0) is 9.59 Å². The molecule has 3 N–H and O–H groups in total. The quantitative estimate of drug-likeness (QED) is 0.649. The topological polar surface area (TPSA) is 78.7 Å². The molecule has 0 spiro atoms. The highest BCUT2D eigenvalue weighted by atomic mass is 16.2. The Morgan fingerprint density at radius 1 is 1.10 bits per heavy atom. The minimum absolute atomic E-state index is 0.137. The van der Waals surface area contributed by atoms with E-state index in [1.54, 1.807) is 0 Å². The highest BCUT2D eigenvalue weighted by Gasteiger charge is 2.41. The summed E-state index contributed by atoms with van der Waals surface area (Å²) in [6, 6.07) is -0.409. The number of rotatable bonds is 8. The molecule has 3 fully saturated rings. The van der Waals surface area contributed by atoms with Crippen LogP contribution in [0.15, 0.2) is 0 Å². The van der Waals surface area contributed by atoms with E-state index in [2.05, 4.69) is 26.1 Å². The van der Waals surface area contributed by atoms with Crippen LogP contribution >= 0.6 is 0 Å². The number of nitrogens with two attached hydrogens (primary N) is 1. The number of hydrogen-bond donors (Lipinski definition) is 2. The Morgan fingerprint density at radius 2 is 1.79 bits per heavy atom. The molecule has 2 atom stereocenters. The van der Waals surface area contributed by atoms with E-state index in [1.807, 2.05) is 9.80 Å². The van der Waals surface area contributed by atoms with Crippen molar-refractivity contribution in [1.82, 2.24) is 15.1 Å². The van der Waals surface area contributed by atoms with Crippen molar-refractivity contribution in [1.29, 1.82) is 0 Å². The van der Waals surface area contributed by atoms with Gasteiger partial charge in [-0.2, -0.15) is 0 Å². The Balaban J connectivity index is 1.64. The summed E-state index contributed by atoms with van der Waals surface area (Å²) in [5, 5.41) is 3.41. The third-order valence-electron chi connectivity index (χ3n) is 6.92. The van der Waals surface area contributed by atoms with Gasteiger partial charge in [-0.3, -0.25) is 9.59 Å². The molecule has 29 heavy (non-hydrogen) atoms. The van der Waals surface area contributed by atoms with E-state index >= 15 is 0 Å². The van der Waals surface area contributed by atoms with Crippen LogP contribution in [-0.4, -0.2) is 66.4 Å². The molecule has 3 rings (SSSR count). The van der Waals surface area contributed by atoms with Crippen molar-refractivity contribution >= 4 is 11.8 Å². The van der Waals surface area contributed by atoms with Crippen LogP contribution in [0.25, 0.3) is 0 Å². The number of carbonyl (C=O) groups excluding carboxylic acids is 2. The van der Waals surface area contributed by atoms with E-state index in [0.717, 1.165) is 64.7 Å². The normalized spacial score (nSPS) is 25.4. The average molecular weight is 407 g/mol. The van der Waals surface area contributed by atoms with Gasteiger partial charge >= 0.3 is 0 Å². The smallest absolute Gasteiger partial charge is 0.245 e. The Hall–Kier alpha value is -1.14. The maximum absolute atomic E-state index is 13.5. The second-order valence-electron chi connectivity index (χ2n) is 10.7. The van der Waals surface area contributed by atoms with Gasteiger partial charge in [-0.25, -0.2) is 0 Å². The molecule has 0 aromatic heterocycles. The highest BCUT2D eigenvalue weighted by Crippen LogP contribution is 2.36. The summed E-state index contributed by atoms with van der Waals surface area (Å²) in [5.41, 5.74) is 5.92. The standard InChI is InChI=1S/C23H42N4O2/c1-23(2,3)10-6-19-21(28)27(15-12-25-19)20(16-18-4-5-18)22(29)26-13-8-17(7-11-24)9-14-26/h17-20,25H,4-16,24H2,1-3H3/t19-,20-/m0/s1. The molecule has 0 aromatic carbocycles. The van der Waals surface area contributed by atoms with E-state index in [9.17, 15) is 9.59 Å². The van der Waals surface area contributed by atoms with Gasteiger partial charge in [-0.1, -0.05) is 33.6 Å². The van der Waals surface area contributed by atoms with Crippen molar-refractivity contribution in [2.75, 3.05) is 32.7 Å². The van der Waals surface area contributed by atoms with Gasteiger partial charge in [0, 0.05) is 26.2 Å². The predicted octanol–water partition coefficient (Wildman–Crippen LogP) is 2.37. The number of piperidine rings is 1. The zero-order valence-electron chi connectivity index (χ0n) is 18.8. The summed E-state index contributed by atoms with van der Waals surface area (Å²) < 4.78 is 0. The fourth-order valence-electron chi connectivity index (χ4n) is 4.79. The van der Waals surface area contributed by atoms with Gasteiger partial charge in [0.2, 0.25) is 11.8 Å². The third-order valence-corrected chi connectivity index (χ3v) is 6.92. The Kier molecular flexibility index (Phi) is 7.60. The van der Waals surface area contributed by atoms with Crippen LogP contribution in [0.2, 0.25) is 0 Å². The molecule has 166 valence electrons. The zero-order chi connectivity index (χ0) is 21.0. The maximum Gasteiger partial charge on any atom is 0.245 e. The van der Waals surface area contributed by atoms with Gasteiger partial charge in [-0.05, 0) is 62.3 Å². The van der Waals surface area contributed by atoms with Crippen LogP contribution in [0.5, 0.6) is 0 Å². The number of carbonyl (C=O) groups is 2. The van der Waals surface area contributed by atoms with Gasteiger partial charge in [0.05, 0.1) is 6.04 Å². The molecule has 2 heterocycles. The highest BCUT2D eigenvalue weighted by molar-refractivity contribution is 5.90. The summed E-state index contributed by atoms with van der Waals surface area (Å²) in [4.78, 5) is 30.7. The third kappa shape index (κ3) is 6.42. The molecule has 3 aliphatic rings. The van der Waals surface area contributed by atoms with Gasteiger partial charge in [0.15, 0.2) is 0 Å². The summed E-state index contributed by atoms with van der Waals surface area (Å²) in [6.45, 7) is 10.4. The van der Waals surface area contributed by atoms with Gasteiger partial charge in [0.1, 0.15) is 6.04 Å². The molecule has 0 aromatic rings. The van der Waals surface area contributed by atoms with E-state index in [4.69, 9.17) is 5.73 Å². The first-order chi connectivity index (χ1) is 13.8. The predicted molar refractivity (Wildman–Crippen MR) is 116 cm³/mol. The number of likely N-dealkylation sites (tertiary alicyclic amines) is 1. The van der Waals surface area contributed by atoms with Crippen LogP contribution in [0, 0.1) is 17.3 Å². The molecule has 2 aliphatic heterocycles. The number of hydrogen-bond acceptors (Lipinski definition) is 4. The van der Waals surface area contributed by atoms with Gasteiger partial charge in [0.25, 0.3) is 0 Å². The monoisotopic (exact) mass is 406 g/mol. The van der Waals surface area contributed by atoms with E-state index in [1.165, 1.54) is 12.8 Å². The first kappa shape index (κ1) is 22.5. The second kappa shape index (κ2) is 9.78. The lowest BCUT2D eigenvalue weighted by Gasteiger charge is -2.41. The maximum atomic E-state index is 13.5. The molecule has 1 aliphatic carbocycles. The lowest BCUT2D eigenvalue weighted by molar-refractivity contribution is -0.150. The van der Waals surface area contributed by atoms with E-state index < -0.39 is 0 Å². The minimum atomic E-state index is -0.264. The first-order valence-electron chi connectivity index (χ1n) is 11.8. The molecule has 0 unspecified atom stereocenters. The van der Waals surface area contributed by atoms with Crippen molar-refractivity contribution < 1.29 is 9.59 Å². The van der Waals surface area contributed by atoms with Crippen molar-refractivity contribution in [2.24, 2.45) is 23.0 Å². The largest absolute Gasteiger partial charge is 0.341 e. The van der Waals surface area contributed by atoms with Gasteiger partial charge < -0.3 is 20.9 Å². The molecule has 0 radical (unpaired) electrons. The fourth-order valence-corrected chi connectivity index (χ4v) is 4.79. The van der Waals surface area contributed by atoms with E-state index in [0.29, 0.717) is 18.4 Å².